The number of nitrogens with zero attached hydrogens (tertiary/aromatic N) is 3. The molecule has 1 aromatic heterocycles. The molecule has 2 bridgehead atoms. The Kier molecular flexibility index (Phi) is 14.7. The van der Waals surface area contributed by atoms with Crippen molar-refractivity contribution in [1.29, 1.82) is 0 Å². The van der Waals surface area contributed by atoms with Crippen LogP contribution in [0.25, 0.3) is 11.0 Å². The van der Waals surface area contributed by atoms with Crippen molar-refractivity contribution in [2.24, 2.45) is 23.2 Å². The van der Waals surface area contributed by atoms with Crippen molar-refractivity contribution >= 4 is 50.8 Å². The van der Waals surface area contributed by atoms with Gasteiger partial charge in [-0.1, -0.05) is 34.1 Å². The Morgan fingerprint density at radius 3 is 2.27 bits per heavy atom. The molecule has 17 nitrogen and oxygen atoms in total. The first-order valence-corrected chi connectivity index (χ1v) is 24.2. The summed E-state index contributed by atoms with van der Waals surface area (Å²) >= 11 is 0. The van der Waals surface area contributed by atoms with Crippen LogP contribution in [0.2, 0.25) is 0 Å². The number of aromatic nitrogens is 2. The highest BCUT2D eigenvalue weighted by molar-refractivity contribution is 7.91. The second-order valence-electron chi connectivity index (χ2n) is 19.9. The molecule has 372 valence electrons. The molecular weight excluding hydrogens is 909 g/mol. The maximum absolute atomic E-state index is 16.3. The first kappa shape index (κ1) is 51.4. The number of methoxy groups -OCH3 is 1. The van der Waals surface area contributed by atoms with Crippen molar-refractivity contribution in [3.63, 3.8) is 0 Å². The fourth-order valence-corrected chi connectivity index (χ4v) is 10.1. The molecule has 2 aliphatic heterocycles. The highest BCUT2D eigenvalue weighted by atomic mass is 32.2. The normalized spacial score (nSPS) is 29.0. The van der Waals surface area contributed by atoms with Gasteiger partial charge >= 0.3 is 12.1 Å². The van der Waals surface area contributed by atoms with Gasteiger partial charge in [-0.25, -0.2) is 32.0 Å². The number of hydrogen-bond donors (Lipinski definition) is 3. The highest BCUT2D eigenvalue weighted by Gasteiger charge is 2.68. The van der Waals surface area contributed by atoms with Crippen LogP contribution >= 0.6 is 0 Å². The number of ether oxygens (including phenoxy) is 4. The summed E-state index contributed by atoms with van der Waals surface area (Å²) in [6, 6.07) is 1.59. The van der Waals surface area contributed by atoms with Crippen LogP contribution in [-0.2, 0) is 44.6 Å². The van der Waals surface area contributed by atoms with Gasteiger partial charge in [-0.3, -0.25) is 23.9 Å². The lowest BCUT2D eigenvalue weighted by molar-refractivity contribution is -0.144. The summed E-state index contributed by atoms with van der Waals surface area (Å²) in [7, 11) is -2.89. The molecule has 3 saturated carbocycles. The third-order valence-electron chi connectivity index (χ3n) is 13.2. The monoisotopic (exact) mass is 970 g/mol. The van der Waals surface area contributed by atoms with Gasteiger partial charge in [0, 0.05) is 25.3 Å². The number of benzene rings is 1. The lowest BCUT2D eigenvalue weighted by Gasteiger charge is -2.36. The van der Waals surface area contributed by atoms with E-state index < -0.39 is 129 Å². The average molecular weight is 971 g/mol. The Bertz CT molecular complexity index is 2350. The van der Waals surface area contributed by atoms with E-state index in [0.717, 1.165) is 4.90 Å². The molecular formula is C45H62F4N6O11S. The molecule has 0 radical (unpaired) electrons. The molecule has 2 aromatic rings. The van der Waals surface area contributed by atoms with E-state index >= 15 is 8.78 Å². The SMILES string of the molecule is CC(=O)OC(C)C.CC[C@@H]1[C@@H]2CN(C(=O)[C@H](C(C)(C)C)NC(=O)O[C@@H]3C[C@H]3CCCCC(F)(F)c3nc4ccc(OC)cc4nc3O2)[C@@H]1C(=O)N[C@]1(C(=O)NS(=O)(=O)C2(C)CC2)C[C@H]1C(F)F. The maximum Gasteiger partial charge on any atom is 0.408 e. The number of sulfonamides is 1. The highest BCUT2D eigenvalue weighted by Crippen LogP contribution is 2.50. The van der Waals surface area contributed by atoms with Crippen LogP contribution in [0.5, 0.6) is 11.6 Å². The smallest absolute Gasteiger partial charge is 0.408 e. The molecule has 3 heterocycles. The number of alkyl carbamates (subject to hydrolysis) is 1. The molecule has 22 heteroatoms. The Balaban J connectivity index is 0.000000980. The van der Waals surface area contributed by atoms with Gasteiger partial charge in [-0.05, 0) is 89.2 Å². The summed E-state index contributed by atoms with van der Waals surface area (Å²) in [5.74, 6) is -10.1. The first-order valence-electron chi connectivity index (χ1n) is 22.7. The molecule has 4 amide bonds. The molecule has 8 atom stereocenters. The molecule has 0 unspecified atom stereocenters. The zero-order valence-electron chi connectivity index (χ0n) is 39.3. The summed E-state index contributed by atoms with van der Waals surface area (Å²) in [6.45, 7) is 12.7. The summed E-state index contributed by atoms with van der Waals surface area (Å²) in [5, 5.41) is 5.06. The van der Waals surface area contributed by atoms with Crippen molar-refractivity contribution in [2.75, 3.05) is 13.7 Å². The molecule has 1 aromatic carbocycles. The maximum atomic E-state index is 16.3. The van der Waals surface area contributed by atoms with Gasteiger partial charge in [0.15, 0.2) is 5.69 Å². The zero-order chi connectivity index (χ0) is 49.6. The van der Waals surface area contributed by atoms with Crippen molar-refractivity contribution < 1.29 is 68.9 Å². The first-order chi connectivity index (χ1) is 31.2. The van der Waals surface area contributed by atoms with Crippen LogP contribution in [-0.4, -0.2) is 114 Å². The van der Waals surface area contributed by atoms with Gasteiger partial charge in [-0.15, -0.1) is 0 Å². The van der Waals surface area contributed by atoms with Crippen LogP contribution < -0.4 is 24.8 Å². The molecule has 1 saturated heterocycles. The number of esters is 1. The summed E-state index contributed by atoms with van der Waals surface area (Å²) in [5.41, 5.74) is -3.83. The van der Waals surface area contributed by atoms with Gasteiger partial charge in [0.05, 0.1) is 41.5 Å². The van der Waals surface area contributed by atoms with Gasteiger partial charge in [0.2, 0.25) is 34.1 Å². The Hall–Kier alpha value is -5.02. The van der Waals surface area contributed by atoms with E-state index in [-0.39, 0.29) is 54.7 Å². The molecule has 3 N–H and O–H groups in total. The average Bonchev–Trinajstić information content (AvgIpc) is 4.18. The number of fused-ring (bicyclic) bond motifs is 5. The lowest BCUT2D eigenvalue weighted by atomic mass is 9.85. The van der Waals surface area contributed by atoms with Gasteiger partial charge in [-0.2, -0.15) is 8.78 Å². The second-order valence-corrected chi connectivity index (χ2v) is 22.1. The zero-order valence-corrected chi connectivity index (χ0v) is 40.1. The van der Waals surface area contributed by atoms with E-state index in [1.807, 2.05) is 18.6 Å². The standard InChI is InChI=1S/C40H52F4N6O9S.C5H10O2/c1-7-22-27-19-50(28(22)32(51)48-39(18-23(39)31(41)42)35(53)49-60(55,56)38(5)14-15-38)34(52)30(37(2,3)4)47-36(54)59-26-16-20(26)10-8-9-13-40(43,44)29-33(58-27)46-25-17-21(57-6)11-12-24(25)45-29;1-4(2)7-5(3)6/h11-12,17,20,22-23,26-28,30-31H,7-10,13-16,18-19H2,1-6H3,(H,47,54)(H,48,51)(H,49,53);4H,1-3H3/t20-,22-,23+,26-,27+,28+,30-,39-;/m1./s1. The number of carbonyl (C=O) groups excluding carboxylic acids is 5. The summed E-state index contributed by atoms with van der Waals surface area (Å²) in [4.78, 5) is 76.4. The number of alkyl halides is 4. The molecule has 5 aliphatic rings. The van der Waals surface area contributed by atoms with E-state index in [2.05, 4.69) is 25.3 Å². The number of rotatable bonds is 9. The van der Waals surface area contributed by atoms with Crippen LogP contribution in [0.4, 0.5) is 22.4 Å². The Morgan fingerprint density at radius 1 is 1.03 bits per heavy atom. The van der Waals surface area contributed by atoms with Crippen molar-refractivity contribution in [3.05, 3.63) is 23.9 Å². The third kappa shape index (κ3) is 11.3. The Morgan fingerprint density at radius 2 is 1.72 bits per heavy atom. The molecule has 3 aliphatic carbocycles. The predicted molar refractivity (Wildman–Crippen MR) is 233 cm³/mol. The van der Waals surface area contributed by atoms with E-state index in [1.165, 1.54) is 33.1 Å². The van der Waals surface area contributed by atoms with Crippen LogP contribution in [0.1, 0.15) is 119 Å². The van der Waals surface area contributed by atoms with Gasteiger partial charge in [0.1, 0.15) is 35.6 Å². The minimum atomic E-state index is -4.31. The fourth-order valence-electron chi connectivity index (χ4n) is 8.76. The predicted octanol–water partition coefficient (Wildman–Crippen LogP) is 5.91. The minimum absolute atomic E-state index is 0.0255. The number of amides is 4. The third-order valence-corrected chi connectivity index (χ3v) is 15.3. The van der Waals surface area contributed by atoms with Crippen LogP contribution in [0.3, 0.4) is 0 Å². The van der Waals surface area contributed by atoms with E-state index in [0.29, 0.717) is 25.0 Å². The number of nitrogens with one attached hydrogen (secondary N) is 3. The quantitative estimate of drug-likeness (QED) is 0.197. The summed E-state index contributed by atoms with van der Waals surface area (Å²) < 4.78 is 110. The van der Waals surface area contributed by atoms with Crippen LogP contribution in [0.15, 0.2) is 18.2 Å². The minimum Gasteiger partial charge on any atom is -0.497 e. The van der Waals surface area contributed by atoms with Crippen molar-refractivity contribution in [2.45, 2.75) is 166 Å². The van der Waals surface area contributed by atoms with E-state index in [1.54, 1.807) is 33.8 Å². The Labute approximate surface area is 387 Å². The van der Waals surface area contributed by atoms with Crippen LogP contribution in [0, 0.1) is 23.2 Å². The molecule has 0 spiro atoms. The van der Waals surface area contributed by atoms with Crippen molar-refractivity contribution in [3.8, 4) is 11.6 Å². The van der Waals surface area contributed by atoms with Crippen molar-refractivity contribution in [1.82, 2.24) is 30.2 Å². The number of hydrogen-bond acceptors (Lipinski definition) is 13. The largest absolute Gasteiger partial charge is 0.497 e. The molecule has 67 heavy (non-hydrogen) atoms. The topological polar surface area (TPSA) is 222 Å². The summed E-state index contributed by atoms with van der Waals surface area (Å²) in [6.07, 6.45) is -4.89. The fraction of sp³-hybridized carbons (Fsp3) is 0.711. The lowest BCUT2D eigenvalue weighted by Crippen LogP contribution is -2.61. The second kappa shape index (κ2) is 19.2. The molecule has 7 rings (SSSR count). The number of halogens is 4. The van der Waals surface area contributed by atoms with E-state index in [9.17, 15) is 41.2 Å². The van der Waals surface area contributed by atoms with Gasteiger partial charge in [0.25, 0.3) is 11.8 Å². The van der Waals surface area contributed by atoms with E-state index in [4.69, 9.17) is 14.2 Å². The van der Waals surface area contributed by atoms with Gasteiger partial charge < -0.3 is 34.5 Å². The molecule has 4 fully saturated rings. The number of carbonyl (C=O) groups is 5.